The van der Waals surface area contributed by atoms with Crippen molar-refractivity contribution in [1.29, 1.82) is 0 Å². The number of ether oxygens (including phenoxy) is 2. The number of rotatable bonds is 1. The van der Waals surface area contributed by atoms with Crippen molar-refractivity contribution in [2.24, 2.45) is 5.89 Å². The summed E-state index contributed by atoms with van der Waals surface area (Å²) in [6.07, 6.45) is -5.27. The van der Waals surface area contributed by atoms with Crippen LogP contribution in [0.5, 0.6) is 11.5 Å². The summed E-state index contributed by atoms with van der Waals surface area (Å²) < 4.78 is 88.4. The molecule has 2 fully saturated rings. The first-order chi connectivity index (χ1) is 14.2. The quantitative estimate of drug-likeness (QED) is 0.795. The minimum Gasteiger partial charge on any atom is -0.493 e. The van der Waals surface area contributed by atoms with Crippen LogP contribution in [-0.2, 0) is 16.6 Å². The number of methoxy groups -OCH3 is 1. The van der Waals surface area contributed by atoms with Gasteiger partial charge >= 0.3 is 0 Å². The molecule has 0 aromatic heterocycles. The van der Waals surface area contributed by atoms with Crippen LogP contribution in [0.3, 0.4) is 0 Å². The smallest absolute Gasteiger partial charge is 0.174 e. The van der Waals surface area contributed by atoms with E-state index in [0.29, 0.717) is 0 Å². The van der Waals surface area contributed by atoms with Gasteiger partial charge in [0.1, 0.15) is 0 Å². The minimum absolute atomic E-state index is 0.0508. The van der Waals surface area contributed by atoms with Gasteiger partial charge in [-0.2, -0.15) is 0 Å². The molecule has 4 aliphatic rings. The molecule has 4 heteroatoms. The normalized spacial score (nSPS) is 54.0. The molecule has 1 unspecified atom stereocenters. The van der Waals surface area contributed by atoms with Crippen molar-refractivity contribution in [2.75, 3.05) is 20.6 Å². The van der Waals surface area contributed by atoms with Crippen molar-refractivity contribution in [2.45, 2.75) is 43.2 Å². The summed E-state index contributed by atoms with van der Waals surface area (Å²) in [5, 5.41) is 0. The molecule has 1 aromatic rings. The number of carbonyl (C=O) groups excluding carboxylic acids is 1. The average Bonchev–Trinajstić information content (AvgIpc) is 2.91. The number of carbonyl (C=O) groups is 1. The van der Waals surface area contributed by atoms with Gasteiger partial charge in [0.05, 0.1) is 11.2 Å². The fraction of sp³-hybridized carbons (Fsp3) is 0.611. The van der Waals surface area contributed by atoms with E-state index in [1.54, 1.807) is 0 Å². The van der Waals surface area contributed by atoms with Gasteiger partial charge in [0.2, 0.25) is 0 Å². The van der Waals surface area contributed by atoms with E-state index in [4.69, 9.17) is 20.4 Å². The van der Waals surface area contributed by atoms with Crippen LogP contribution in [-0.4, -0.2) is 43.4 Å². The largest absolute Gasteiger partial charge is 0.493 e. The molecule has 0 radical (unpaired) electrons. The molecular weight excluding hydrogens is 278 g/mol. The molecule has 116 valence electrons. The lowest BCUT2D eigenvalue weighted by atomic mass is 9.52. The van der Waals surface area contributed by atoms with E-state index in [1.807, 2.05) is 0 Å². The van der Waals surface area contributed by atoms with Gasteiger partial charge in [-0.15, -0.1) is 0 Å². The average molecular weight is 308 g/mol. The lowest BCUT2D eigenvalue weighted by Crippen LogP contribution is -2.65. The third-order valence-corrected chi connectivity index (χ3v) is 5.28. The molecule has 2 aliphatic heterocycles. The van der Waals surface area contributed by atoms with E-state index in [0.717, 1.165) is 4.90 Å². The lowest BCUT2D eigenvalue weighted by Gasteiger charge is -2.57. The molecule has 2 heterocycles. The van der Waals surface area contributed by atoms with Gasteiger partial charge in [0, 0.05) is 31.7 Å². The van der Waals surface area contributed by atoms with Crippen LogP contribution < -0.4 is 9.47 Å². The minimum atomic E-state index is -2.72. The predicted molar refractivity (Wildman–Crippen MR) is 81.6 cm³/mol. The fourth-order valence-electron chi connectivity index (χ4n) is 4.38. The van der Waals surface area contributed by atoms with Crippen LogP contribution in [0.1, 0.15) is 42.7 Å². The Morgan fingerprint density at radius 3 is 3.36 bits per heavy atom. The third kappa shape index (κ3) is 1.27. The first-order valence-corrected chi connectivity index (χ1v) is 7.41. The number of likely N-dealkylation sites (N-methyl/N-ethyl adjacent to an activating group) is 1. The molecule has 1 saturated carbocycles. The summed E-state index contributed by atoms with van der Waals surface area (Å²) in [5.41, 5.74) is -1.90. The van der Waals surface area contributed by atoms with Crippen LogP contribution in [0.2, 0.25) is 0 Å². The van der Waals surface area contributed by atoms with Crippen molar-refractivity contribution in [3.8, 4) is 11.5 Å². The Balaban J connectivity index is 1.98. The first kappa shape index (κ1) is 6.91. The van der Waals surface area contributed by atoms with Gasteiger partial charge in [-0.05, 0) is 50.2 Å². The Morgan fingerprint density at radius 2 is 2.55 bits per heavy atom. The zero-order chi connectivity index (χ0) is 22.9. The van der Waals surface area contributed by atoms with Crippen molar-refractivity contribution in [3.05, 3.63) is 23.2 Å². The topological polar surface area (TPSA) is 38.8 Å². The maximum atomic E-state index is 13.0. The Hall–Kier alpha value is -1.55. The van der Waals surface area contributed by atoms with E-state index >= 15 is 0 Å². The molecule has 5 rings (SSSR count). The number of Topliss-reactive ketones (excluding diaryl/α,β-unsaturated/α-hetero) is 1. The number of nitrogens with zero attached hydrogens (tertiary/aromatic N) is 1. The van der Waals surface area contributed by atoms with Gasteiger partial charge in [-0.3, -0.25) is 4.79 Å². The number of hydrogen-bond donors (Lipinski definition) is 0. The number of likely N-dealkylation sites (tertiary alicyclic amines) is 1. The van der Waals surface area contributed by atoms with E-state index in [9.17, 15) is 6.17 Å². The number of benzene rings is 1. The molecular formula is C18H21NO3. The van der Waals surface area contributed by atoms with Crippen molar-refractivity contribution in [3.63, 3.8) is 0 Å². The van der Waals surface area contributed by atoms with E-state index in [1.165, 1.54) is 7.11 Å². The lowest BCUT2D eigenvalue weighted by molar-refractivity contribution is -0.138. The van der Waals surface area contributed by atoms with Crippen molar-refractivity contribution >= 4 is 5.78 Å². The van der Waals surface area contributed by atoms with Crippen LogP contribution >= 0.6 is 0 Å². The van der Waals surface area contributed by atoms with E-state index in [-0.39, 0.29) is 48.4 Å². The molecule has 4 nitrogen and oxygen atoms in total. The molecule has 2 bridgehead atoms. The van der Waals surface area contributed by atoms with Crippen LogP contribution in [0, 0.1) is 5.89 Å². The van der Waals surface area contributed by atoms with E-state index < -0.39 is 54.6 Å². The van der Waals surface area contributed by atoms with Crippen LogP contribution in [0.15, 0.2) is 12.1 Å². The van der Waals surface area contributed by atoms with Gasteiger partial charge in [-0.25, -0.2) is 0 Å². The molecule has 2 aliphatic carbocycles. The highest BCUT2D eigenvalue weighted by Gasteiger charge is 2.65. The summed E-state index contributed by atoms with van der Waals surface area (Å²) in [6, 6.07) is -2.54. The summed E-state index contributed by atoms with van der Waals surface area (Å²) >= 11 is 0. The number of piperidine rings is 1. The van der Waals surface area contributed by atoms with Gasteiger partial charge in [0.25, 0.3) is 0 Å². The Kier molecular flexibility index (Phi) is 1.27. The standard InChI is InChI=1S/C18H21NO3/c1-19-8-7-18-11-4-5-13(20)17(18)22-16-14(21-2)6-3-10(15(16)18)9-12(11)19/h3,6,11-12,17H,4-5,7-9H2,1-2H3/t11-,12+,17?,18-/m0/s1/i1D3,3D,6D,9D2,11D,17D. The number of hydrogen-bond acceptors (Lipinski definition) is 4. The van der Waals surface area contributed by atoms with Crippen LogP contribution in [0.4, 0.5) is 0 Å². The summed E-state index contributed by atoms with van der Waals surface area (Å²) in [4.78, 5) is 14.0. The van der Waals surface area contributed by atoms with Gasteiger partial charge < -0.3 is 14.4 Å². The molecule has 0 amide bonds. The number of ketones is 1. The summed E-state index contributed by atoms with van der Waals surface area (Å²) in [5.74, 6) is -2.79. The third-order valence-electron chi connectivity index (χ3n) is 5.28. The highest BCUT2D eigenvalue weighted by atomic mass is 16.5. The van der Waals surface area contributed by atoms with Crippen molar-refractivity contribution < 1.29 is 26.6 Å². The van der Waals surface area contributed by atoms with E-state index in [2.05, 4.69) is 0 Å². The molecule has 1 spiro atoms. The van der Waals surface area contributed by atoms with Crippen LogP contribution in [0.25, 0.3) is 0 Å². The SMILES string of the molecule is [2H]c1c([2H])c2c3c(c1OC)OC1([2H])C(=O)CC[C@@]4([2H])[C@H](N(C([2H])([2H])[2H])CC[C@]314)C2([2H])[2H]. The Bertz CT molecular complexity index is 1040. The second kappa shape index (κ2) is 4.05. The maximum absolute atomic E-state index is 13.0. The Morgan fingerprint density at radius 1 is 1.64 bits per heavy atom. The second-order valence-electron chi connectivity index (χ2n) is 6.14. The zero-order valence-electron chi connectivity index (χ0n) is 21.1. The Labute approximate surface area is 143 Å². The second-order valence-corrected chi connectivity index (χ2v) is 6.14. The zero-order valence-corrected chi connectivity index (χ0v) is 12.1. The molecule has 22 heavy (non-hydrogen) atoms. The molecule has 1 aromatic carbocycles. The molecule has 1 saturated heterocycles. The monoisotopic (exact) mass is 308 g/mol. The van der Waals surface area contributed by atoms with Gasteiger partial charge in [-0.1, -0.05) is 6.04 Å². The highest BCUT2D eigenvalue weighted by Crippen LogP contribution is 2.62. The molecule has 0 N–H and O–H groups in total. The predicted octanol–water partition coefficient (Wildman–Crippen LogP) is 1.93. The highest BCUT2D eigenvalue weighted by molar-refractivity contribution is 5.89. The summed E-state index contributed by atoms with van der Waals surface area (Å²) in [7, 11) is 1.25. The maximum Gasteiger partial charge on any atom is 0.174 e. The fourth-order valence-corrected chi connectivity index (χ4v) is 4.38. The van der Waals surface area contributed by atoms with Gasteiger partial charge in [0.15, 0.2) is 23.4 Å². The summed E-state index contributed by atoms with van der Waals surface area (Å²) in [6.45, 7) is -2.90. The molecule has 4 atom stereocenters. The van der Waals surface area contributed by atoms with Crippen molar-refractivity contribution in [1.82, 2.24) is 4.90 Å². The first-order valence-electron chi connectivity index (χ1n) is 11.9.